The normalized spacial score (nSPS) is 15.1. The fraction of sp³-hybridized carbons (Fsp3) is 0.632. The summed E-state index contributed by atoms with van der Waals surface area (Å²) in [6.45, 7) is 5.05. The lowest BCUT2D eigenvalue weighted by Gasteiger charge is -2.24. The Kier molecular flexibility index (Phi) is 8.55. The van der Waals surface area contributed by atoms with E-state index in [0.29, 0.717) is 25.6 Å². The second kappa shape index (κ2) is 10.9. The Hall–Kier alpha value is -1.79. The molecule has 1 aromatic rings. The zero-order chi connectivity index (χ0) is 17.9. The molecule has 0 atom stereocenters. The number of hydrogen-bond acceptors (Lipinski definition) is 5. The molecule has 2 rings (SSSR count). The molecule has 0 aromatic carbocycles. The summed E-state index contributed by atoms with van der Waals surface area (Å²) in [7, 11) is 0. The Morgan fingerprint density at radius 3 is 3.00 bits per heavy atom. The zero-order valence-corrected chi connectivity index (χ0v) is 15.2. The van der Waals surface area contributed by atoms with Gasteiger partial charge in [-0.05, 0) is 43.4 Å². The van der Waals surface area contributed by atoms with Crippen LogP contribution in [0.5, 0.6) is 0 Å². The number of aliphatic imine (C=N–C) groups is 1. The van der Waals surface area contributed by atoms with Crippen LogP contribution in [0.25, 0.3) is 0 Å². The van der Waals surface area contributed by atoms with Gasteiger partial charge in [0.05, 0.1) is 25.4 Å². The molecule has 1 fully saturated rings. The van der Waals surface area contributed by atoms with Crippen molar-refractivity contribution in [1.29, 1.82) is 0 Å². The second-order valence-electron chi connectivity index (χ2n) is 6.53. The van der Waals surface area contributed by atoms with E-state index >= 15 is 0 Å². The third-order valence-electron chi connectivity index (χ3n) is 4.58. The molecule has 6 heteroatoms. The average Bonchev–Trinajstić information content (AvgIpc) is 3.13. The summed E-state index contributed by atoms with van der Waals surface area (Å²) in [5.74, 6) is 0.843. The molecule has 0 saturated heterocycles. The van der Waals surface area contributed by atoms with Crippen molar-refractivity contribution in [1.82, 2.24) is 15.2 Å². The van der Waals surface area contributed by atoms with Gasteiger partial charge in [0.15, 0.2) is 0 Å². The Labute approximate surface area is 150 Å². The number of nitrogens with one attached hydrogen (secondary N) is 1. The van der Waals surface area contributed by atoms with E-state index in [4.69, 9.17) is 5.11 Å². The lowest BCUT2D eigenvalue weighted by Crippen LogP contribution is -2.40. The summed E-state index contributed by atoms with van der Waals surface area (Å²) >= 11 is 0. The molecule has 1 aromatic heterocycles. The van der Waals surface area contributed by atoms with Crippen LogP contribution in [0.2, 0.25) is 0 Å². The summed E-state index contributed by atoms with van der Waals surface area (Å²) in [4.78, 5) is 22.8. The van der Waals surface area contributed by atoms with E-state index in [1.807, 2.05) is 24.0 Å². The largest absolute Gasteiger partial charge is 0.394 e. The van der Waals surface area contributed by atoms with Crippen LogP contribution in [0.1, 0.15) is 43.9 Å². The minimum atomic E-state index is 0.0485. The van der Waals surface area contributed by atoms with Gasteiger partial charge in [0.2, 0.25) is 5.91 Å². The molecule has 2 N–H and O–H groups in total. The van der Waals surface area contributed by atoms with Crippen LogP contribution in [0, 0.1) is 5.92 Å². The van der Waals surface area contributed by atoms with E-state index in [0.717, 1.165) is 24.3 Å². The number of hydrogen-bond donors (Lipinski definition) is 2. The maximum Gasteiger partial charge on any atom is 0.236 e. The van der Waals surface area contributed by atoms with Crippen molar-refractivity contribution in [2.75, 3.05) is 32.8 Å². The Bertz CT molecular complexity index is 556. The number of nitrogens with zero attached hydrogens (tertiary/aromatic N) is 3. The molecule has 0 spiro atoms. The van der Waals surface area contributed by atoms with Crippen molar-refractivity contribution in [2.24, 2.45) is 10.9 Å². The number of amides is 1. The van der Waals surface area contributed by atoms with E-state index in [9.17, 15) is 4.79 Å². The van der Waals surface area contributed by atoms with Crippen molar-refractivity contribution >= 4 is 12.1 Å². The van der Waals surface area contributed by atoms with Gasteiger partial charge in [0.1, 0.15) is 0 Å². The van der Waals surface area contributed by atoms with Gasteiger partial charge in [-0.2, -0.15) is 0 Å². The van der Waals surface area contributed by atoms with E-state index in [1.165, 1.54) is 25.7 Å². The lowest BCUT2D eigenvalue weighted by molar-refractivity contribution is -0.130. The van der Waals surface area contributed by atoms with Crippen LogP contribution in [-0.2, 0) is 11.3 Å². The third-order valence-corrected chi connectivity index (χ3v) is 4.58. The molecule has 0 radical (unpaired) electrons. The Morgan fingerprint density at radius 2 is 2.28 bits per heavy atom. The Balaban J connectivity index is 1.76. The van der Waals surface area contributed by atoms with E-state index in [2.05, 4.69) is 15.3 Å². The number of carbonyl (C=O) groups is 1. The molecule has 0 aliphatic heterocycles. The number of aliphatic hydroxyl groups is 1. The first-order valence-electron chi connectivity index (χ1n) is 9.27. The van der Waals surface area contributed by atoms with Gasteiger partial charge in [0, 0.05) is 32.0 Å². The van der Waals surface area contributed by atoms with Crippen molar-refractivity contribution in [3.05, 3.63) is 29.6 Å². The summed E-state index contributed by atoms with van der Waals surface area (Å²) in [6.07, 6.45) is 8.58. The van der Waals surface area contributed by atoms with Crippen LogP contribution in [0.3, 0.4) is 0 Å². The van der Waals surface area contributed by atoms with Crippen molar-refractivity contribution in [2.45, 2.75) is 39.2 Å². The predicted octanol–water partition coefficient (Wildman–Crippen LogP) is 1.62. The van der Waals surface area contributed by atoms with Gasteiger partial charge >= 0.3 is 0 Å². The van der Waals surface area contributed by atoms with Crippen LogP contribution in [-0.4, -0.2) is 59.9 Å². The zero-order valence-electron chi connectivity index (χ0n) is 15.2. The molecule has 25 heavy (non-hydrogen) atoms. The monoisotopic (exact) mass is 346 g/mol. The Morgan fingerprint density at radius 1 is 1.48 bits per heavy atom. The molecule has 1 heterocycles. The van der Waals surface area contributed by atoms with E-state index in [1.54, 1.807) is 12.4 Å². The topological polar surface area (TPSA) is 77.8 Å². The molecule has 1 aliphatic rings. The molecule has 1 saturated carbocycles. The van der Waals surface area contributed by atoms with E-state index in [-0.39, 0.29) is 12.5 Å². The SMILES string of the molecule is CCN(CC1CCCC1)C(=O)CNCc1cc(C=NCCO)ccn1. The van der Waals surface area contributed by atoms with Gasteiger partial charge in [-0.3, -0.25) is 14.8 Å². The molecule has 0 bridgehead atoms. The van der Waals surface area contributed by atoms with Gasteiger partial charge in [0.25, 0.3) is 0 Å². The van der Waals surface area contributed by atoms with Gasteiger partial charge in [-0.15, -0.1) is 0 Å². The highest BCUT2D eigenvalue weighted by molar-refractivity contribution is 5.79. The summed E-state index contributed by atoms with van der Waals surface area (Å²) in [6, 6.07) is 3.81. The number of carbonyl (C=O) groups excluding carboxylic acids is 1. The summed E-state index contributed by atoms with van der Waals surface area (Å²) < 4.78 is 0. The molecular formula is C19H30N4O2. The first kappa shape index (κ1) is 19.5. The third kappa shape index (κ3) is 6.92. The molecule has 138 valence electrons. The van der Waals surface area contributed by atoms with Crippen molar-refractivity contribution < 1.29 is 9.90 Å². The maximum absolute atomic E-state index is 12.4. The predicted molar refractivity (Wildman–Crippen MR) is 99.7 cm³/mol. The van der Waals surface area contributed by atoms with Crippen molar-refractivity contribution in [3.8, 4) is 0 Å². The molecular weight excluding hydrogens is 316 g/mol. The molecule has 6 nitrogen and oxygen atoms in total. The smallest absolute Gasteiger partial charge is 0.236 e. The first-order valence-corrected chi connectivity index (χ1v) is 9.27. The first-order chi connectivity index (χ1) is 12.2. The number of rotatable bonds is 10. The van der Waals surface area contributed by atoms with Gasteiger partial charge in [-0.1, -0.05) is 12.8 Å². The average molecular weight is 346 g/mol. The van der Waals surface area contributed by atoms with Gasteiger partial charge in [-0.25, -0.2) is 0 Å². The highest BCUT2D eigenvalue weighted by Crippen LogP contribution is 2.25. The second-order valence-corrected chi connectivity index (χ2v) is 6.53. The molecule has 0 unspecified atom stereocenters. The highest BCUT2D eigenvalue weighted by atomic mass is 16.3. The van der Waals surface area contributed by atoms with Crippen LogP contribution >= 0.6 is 0 Å². The standard InChI is InChI=1S/C19H30N4O2/c1-2-23(15-16-5-3-4-6-16)19(25)14-21-13-18-11-17(7-8-22-18)12-20-9-10-24/h7-8,11-12,16,21,24H,2-6,9-10,13-15H2,1H3. The molecule has 1 amide bonds. The summed E-state index contributed by atoms with van der Waals surface area (Å²) in [5.41, 5.74) is 1.82. The van der Waals surface area contributed by atoms with Gasteiger partial charge < -0.3 is 15.3 Å². The quantitative estimate of drug-likeness (QED) is 0.631. The minimum Gasteiger partial charge on any atom is -0.394 e. The van der Waals surface area contributed by atoms with Crippen molar-refractivity contribution in [3.63, 3.8) is 0 Å². The number of aliphatic hydroxyl groups excluding tert-OH is 1. The lowest BCUT2D eigenvalue weighted by atomic mass is 10.1. The van der Waals surface area contributed by atoms with Crippen LogP contribution < -0.4 is 5.32 Å². The fourth-order valence-corrected chi connectivity index (χ4v) is 3.22. The minimum absolute atomic E-state index is 0.0485. The number of likely N-dealkylation sites (N-methyl/N-ethyl adjacent to an activating group) is 1. The highest BCUT2D eigenvalue weighted by Gasteiger charge is 2.20. The fourth-order valence-electron chi connectivity index (χ4n) is 3.22. The van der Waals surface area contributed by atoms with Crippen LogP contribution in [0.15, 0.2) is 23.3 Å². The van der Waals surface area contributed by atoms with Crippen LogP contribution in [0.4, 0.5) is 0 Å². The summed E-state index contributed by atoms with van der Waals surface area (Å²) in [5, 5.41) is 11.9. The van der Waals surface area contributed by atoms with E-state index < -0.39 is 0 Å². The maximum atomic E-state index is 12.4. The molecule has 1 aliphatic carbocycles. The number of aromatic nitrogens is 1. The number of pyridine rings is 1.